The number of hydrogen-bond acceptors (Lipinski definition) is 4. The molecular weight excluding hydrogens is 222 g/mol. The fraction of sp³-hybridized carbons (Fsp3) is 0. The minimum atomic E-state index is -1.20. The van der Waals surface area contributed by atoms with Gasteiger partial charge >= 0.3 is 5.97 Å². The van der Waals surface area contributed by atoms with E-state index in [1.807, 2.05) is 0 Å². The van der Waals surface area contributed by atoms with Crippen LogP contribution in [0.1, 0.15) is 0 Å². The Morgan fingerprint density at radius 3 is 2.73 bits per heavy atom. The Hall–Kier alpha value is -1.95. The largest absolute Gasteiger partial charge is 0.478 e. The summed E-state index contributed by atoms with van der Waals surface area (Å²) in [7, 11) is 0. The normalized spacial score (nSPS) is 10.2. The van der Waals surface area contributed by atoms with Gasteiger partial charge in [0.05, 0.1) is 0 Å². The quantitative estimate of drug-likeness (QED) is 0.586. The van der Waals surface area contributed by atoms with E-state index in [0.717, 1.165) is 12.2 Å². The molecule has 1 heterocycles. The van der Waals surface area contributed by atoms with Gasteiger partial charge in [0.2, 0.25) is 5.91 Å². The minimum Gasteiger partial charge on any atom is -0.478 e. The highest BCUT2D eigenvalue weighted by Gasteiger charge is 2.00. The van der Waals surface area contributed by atoms with Crippen molar-refractivity contribution in [3.8, 4) is 0 Å². The molecule has 0 unspecified atom stereocenters. The molecule has 0 atom stereocenters. The Balaban J connectivity index is 2.63. The summed E-state index contributed by atoms with van der Waals surface area (Å²) >= 11 is 5.54. The molecule has 0 saturated heterocycles. The topological polar surface area (TPSA) is 92.2 Å². The maximum absolute atomic E-state index is 11.1. The molecule has 1 rings (SSSR count). The molecule has 0 aliphatic carbocycles. The molecular formula is C8H6ClN3O3. The molecule has 1 amide bonds. The highest BCUT2D eigenvalue weighted by molar-refractivity contribution is 6.29. The maximum Gasteiger partial charge on any atom is 0.328 e. The Kier molecular flexibility index (Phi) is 3.75. The third kappa shape index (κ3) is 4.19. The molecule has 0 radical (unpaired) electrons. The lowest BCUT2D eigenvalue weighted by atomic mass is 10.4. The van der Waals surface area contributed by atoms with Gasteiger partial charge in [0.15, 0.2) is 0 Å². The van der Waals surface area contributed by atoms with Gasteiger partial charge in [-0.05, 0) is 0 Å². The molecule has 0 saturated carbocycles. The third-order valence-electron chi connectivity index (χ3n) is 1.26. The molecule has 0 aromatic carbocycles. The fourth-order valence-corrected chi connectivity index (χ4v) is 0.864. The van der Waals surface area contributed by atoms with E-state index in [9.17, 15) is 9.59 Å². The summed E-state index contributed by atoms with van der Waals surface area (Å²) in [5, 5.41) is 10.8. The van der Waals surface area contributed by atoms with Gasteiger partial charge in [0, 0.05) is 18.2 Å². The summed E-state index contributed by atoms with van der Waals surface area (Å²) in [6, 6.07) is 1.34. The molecule has 0 aliphatic rings. The van der Waals surface area contributed by atoms with Crippen molar-refractivity contribution < 1.29 is 14.7 Å². The Bertz CT molecular complexity index is 419. The lowest BCUT2D eigenvalue weighted by Gasteiger charge is -1.99. The van der Waals surface area contributed by atoms with Crippen molar-refractivity contribution in [1.29, 1.82) is 0 Å². The SMILES string of the molecule is O=C(O)/C=C/C(=O)Nc1cc(Cl)ncn1. The monoisotopic (exact) mass is 227 g/mol. The number of aliphatic carboxylic acids is 1. The number of nitrogens with zero attached hydrogens (tertiary/aromatic N) is 2. The second-order valence-electron chi connectivity index (χ2n) is 2.39. The van der Waals surface area contributed by atoms with Gasteiger partial charge in [0.1, 0.15) is 17.3 Å². The molecule has 0 aliphatic heterocycles. The first-order chi connectivity index (χ1) is 7.08. The van der Waals surface area contributed by atoms with Crippen LogP contribution in [-0.4, -0.2) is 27.0 Å². The van der Waals surface area contributed by atoms with Crippen LogP contribution in [0.2, 0.25) is 5.15 Å². The zero-order valence-electron chi connectivity index (χ0n) is 7.35. The lowest BCUT2D eigenvalue weighted by molar-refractivity contribution is -0.131. The molecule has 1 aromatic rings. The number of aromatic nitrogens is 2. The number of nitrogens with one attached hydrogen (secondary N) is 1. The van der Waals surface area contributed by atoms with Crippen LogP contribution in [0.15, 0.2) is 24.5 Å². The highest BCUT2D eigenvalue weighted by atomic mass is 35.5. The number of hydrogen-bond donors (Lipinski definition) is 2. The molecule has 6 nitrogen and oxygen atoms in total. The van der Waals surface area contributed by atoms with E-state index in [0.29, 0.717) is 0 Å². The average molecular weight is 228 g/mol. The van der Waals surface area contributed by atoms with E-state index in [1.165, 1.54) is 12.4 Å². The smallest absolute Gasteiger partial charge is 0.328 e. The molecule has 78 valence electrons. The Morgan fingerprint density at radius 1 is 1.40 bits per heavy atom. The number of carbonyl (C=O) groups is 2. The summed E-state index contributed by atoms with van der Waals surface area (Å²) in [4.78, 5) is 28.5. The first kappa shape index (κ1) is 11.1. The predicted molar refractivity (Wildman–Crippen MR) is 52.4 cm³/mol. The molecule has 0 fully saturated rings. The van der Waals surface area contributed by atoms with Gasteiger partial charge in [-0.3, -0.25) is 4.79 Å². The van der Waals surface area contributed by atoms with Crippen molar-refractivity contribution in [2.45, 2.75) is 0 Å². The van der Waals surface area contributed by atoms with Crippen molar-refractivity contribution in [1.82, 2.24) is 9.97 Å². The summed E-state index contributed by atoms with van der Waals surface area (Å²) in [5.41, 5.74) is 0. The molecule has 15 heavy (non-hydrogen) atoms. The van der Waals surface area contributed by atoms with Crippen molar-refractivity contribution in [2.75, 3.05) is 5.32 Å². The minimum absolute atomic E-state index is 0.183. The molecule has 7 heteroatoms. The van der Waals surface area contributed by atoms with Crippen LogP contribution < -0.4 is 5.32 Å². The first-order valence-corrected chi connectivity index (χ1v) is 4.15. The van der Waals surface area contributed by atoms with Crippen molar-refractivity contribution >= 4 is 29.3 Å². The molecule has 0 bridgehead atoms. The maximum atomic E-state index is 11.1. The van der Waals surface area contributed by atoms with Crippen LogP contribution in [0.5, 0.6) is 0 Å². The standard InChI is InChI=1S/C8H6ClN3O3/c9-5-3-6(11-4-10-5)12-7(13)1-2-8(14)15/h1-4H,(H,14,15)(H,10,11,12,13)/b2-1+. The van der Waals surface area contributed by atoms with Gasteiger partial charge in [-0.1, -0.05) is 11.6 Å². The second kappa shape index (κ2) is 5.06. The summed E-state index contributed by atoms with van der Waals surface area (Å²) in [6.07, 6.45) is 2.77. The van der Waals surface area contributed by atoms with E-state index >= 15 is 0 Å². The van der Waals surface area contributed by atoms with Crippen LogP contribution in [0, 0.1) is 0 Å². The summed E-state index contributed by atoms with van der Waals surface area (Å²) in [6.45, 7) is 0. The number of carboxylic acid groups (broad SMARTS) is 1. The number of halogens is 1. The summed E-state index contributed by atoms with van der Waals surface area (Å²) in [5.74, 6) is -1.60. The van der Waals surface area contributed by atoms with Crippen molar-refractivity contribution in [3.63, 3.8) is 0 Å². The van der Waals surface area contributed by atoms with E-state index in [1.54, 1.807) is 0 Å². The van der Waals surface area contributed by atoms with E-state index in [4.69, 9.17) is 16.7 Å². The number of anilines is 1. The van der Waals surface area contributed by atoms with Crippen molar-refractivity contribution in [3.05, 3.63) is 29.7 Å². The Morgan fingerprint density at radius 2 is 2.13 bits per heavy atom. The molecule has 0 spiro atoms. The second-order valence-corrected chi connectivity index (χ2v) is 2.77. The van der Waals surface area contributed by atoms with Crippen LogP contribution >= 0.6 is 11.6 Å². The number of carboxylic acids is 1. The van der Waals surface area contributed by atoms with Crippen LogP contribution in [0.3, 0.4) is 0 Å². The lowest BCUT2D eigenvalue weighted by Crippen LogP contribution is -2.10. The van der Waals surface area contributed by atoms with Gasteiger partial charge in [0.25, 0.3) is 0 Å². The van der Waals surface area contributed by atoms with Crippen molar-refractivity contribution in [2.24, 2.45) is 0 Å². The van der Waals surface area contributed by atoms with Gasteiger partial charge < -0.3 is 10.4 Å². The zero-order valence-corrected chi connectivity index (χ0v) is 8.10. The number of amides is 1. The van der Waals surface area contributed by atoms with Gasteiger partial charge in [-0.15, -0.1) is 0 Å². The van der Waals surface area contributed by atoms with E-state index in [2.05, 4.69) is 15.3 Å². The Labute approximate surface area is 89.6 Å². The molecule has 2 N–H and O–H groups in total. The first-order valence-electron chi connectivity index (χ1n) is 3.77. The third-order valence-corrected chi connectivity index (χ3v) is 1.47. The zero-order chi connectivity index (χ0) is 11.3. The van der Waals surface area contributed by atoms with E-state index < -0.39 is 11.9 Å². The van der Waals surface area contributed by atoms with Gasteiger partial charge in [-0.25, -0.2) is 14.8 Å². The number of carbonyl (C=O) groups excluding carboxylic acids is 1. The van der Waals surface area contributed by atoms with Crippen LogP contribution in [-0.2, 0) is 9.59 Å². The van der Waals surface area contributed by atoms with Gasteiger partial charge in [-0.2, -0.15) is 0 Å². The number of rotatable bonds is 3. The predicted octanol–water partition coefficient (Wildman–Crippen LogP) is 0.709. The highest BCUT2D eigenvalue weighted by Crippen LogP contribution is 2.08. The van der Waals surface area contributed by atoms with E-state index in [-0.39, 0.29) is 11.0 Å². The molecule has 1 aromatic heterocycles. The van der Waals surface area contributed by atoms with Crippen LogP contribution in [0.25, 0.3) is 0 Å². The summed E-state index contributed by atoms with van der Waals surface area (Å²) < 4.78 is 0. The fourth-order valence-electron chi connectivity index (χ4n) is 0.717. The van der Waals surface area contributed by atoms with Crippen LogP contribution in [0.4, 0.5) is 5.82 Å². The average Bonchev–Trinajstić information content (AvgIpc) is 2.15.